The standard InChI is InChI=1S/C63H35F3N6/c64-63(65,66)52-31-38(36-67)25-28-42(52)39-32-61(71-57-23-11-5-17-47(57)49-34-40(26-29-59(49)71)69-53-19-7-1-13-43(53)44-14-2-8-20-54(44)69)51(37-68)62(33-39)72-58-24-12-6-18-48(58)50-35-41(27-30-60(50)72)70-55-21-9-3-15-45(55)46-16-4-10-22-56(46)70/h1-35H. The van der Waals surface area contributed by atoms with Crippen molar-refractivity contribution in [3.8, 4) is 46.0 Å². The fourth-order valence-electron chi connectivity index (χ4n) is 11.5. The van der Waals surface area contributed by atoms with Crippen LogP contribution in [0, 0.1) is 22.7 Å². The third-order valence-corrected chi connectivity index (χ3v) is 14.4. The van der Waals surface area contributed by atoms with Crippen LogP contribution in [0.2, 0.25) is 0 Å². The number of benzene rings is 10. The molecule has 0 aliphatic rings. The first-order valence-electron chi connectivity index (χ1n) is 23.5. The number of para-hydroxylation sites is 6. The maximum atomic E-state index is 15.3. The largest absolute Gasteiger partial charge is 0.417 e. The quantitative estimate of drug-likeness (QED) is 0.173. The van der Waals surface area contributed by atoms with E-state index in [0.29, 0.717) is 11.4 Å². The molecule has 6 nitrogen and oxygen atoms in total. The molecule has 0 saturated heterocycles. The molecule has 4 aromatic heterocycles. The zero-order chi connectivity index (χ0) is 48.4. The van der Waals surface area contributed by atoms with Crippen molar-refractivity contribution in [1.82, 2.24) is 18.3 Å². The first-order valence-corrected chi connectivity index (χ1v) is 23.5. The summed E-state index contributed by atoms with van der Waals surface area (Å²) in [5.41, 5.74) is 9.36. The van der Waals surface area contributed by atoms with Crippen LogP contribution in [0.4, 0.5) is 13.2 Å². The van der Waals surface area contributed by atoms with E-state index in [-0.39, 0.29) is 22.3 Å². The van der Waals surface area contributed by atoms with Gasteiger partial charge in [-0.15, -0.1) is 0 Å². The van der Waals surface area contributed by atoms with Gasteiger partial charge in [-0.3, -0.25) is 0 Å². The molecule has 0 atom stereocenters. The maximum absolute atomic E-state index is 15.3. The van der Waals surface area contributed by atoms with Crippen molar-refractivity contribution in [2.45, 2.75) is 6.18 Å². The highest BCUT2D eigenvalue weighted by Crippen LogP contribution is 2.45. The zero-order valence-electron chi connectivity index (χ0n) is 38.0. The number of hydrogen-bond acceptors (Lipinski definition) is 2. The Bertz CT molecular complexity index is 4360. The smallest absolute Gasteiger partial charge is 0.309 e. The van der Waals surface area contributed by atoms with Gasteiger partial charge in [-0.25, -0.2) is 0 Å². The van der Waals surface area contributed by atoms with Crippen LogP contribution in [0.5, 0.6) is 0 Å². The molecule has 72 heavy (non-hydrogen) atoms. The van der Waals surface area contributed by atoms with Gasteiger partial charge in [0.2, 0.25) is 0 Å². The summed E-state index contributed by atoms with van der Waals surface area (Å²) in [6.07, 6.45) is -4.80. The highest BCUT2D eigenvalue weighted by molar-refractivity contribution is 6.14. The average molecular weight is 933 g/mol. The van der Waals surface area contributed by atoms with Gasteiger partial charge in [-0.1, -0.05) is 115 Å². The van der Waals surface area contributed by atoms with Gasteiger partial charge < -0.3 is 18.3 Å². The van der Waals surface area contributed by atoms with E-state index >= 15 is 13.2 Å². The van der Waals surface area contributed by atoms with Crippen LogP contribution in [-0.2, 0) is 6.18 Å². The topological polar surface area (TPSA) is 67.3 Å². The Morgan fingerprint density at radius 2 is 0.681 bits per heavy atom. The number of aromatic nitrogens is 4. The van der Waals surface area contributed by atoms with E-state index in [9.17, 15) is 10.5 Å². The highest BCUT2D eigenvalue weighted by Gasteiger charge is 2.35. The van der Waals surface area contributed by atoms with Crippen molar-refractivity contribution < 1.29 is 13.2 Å². The van der Waals surface area contributed by atoms with Gasteiger partial charge in [-0.2, -0.15) is 23.7 Å². The number of fused-ring (bicyclic) bond motifs is 12. The summed E-state index contributed by atoms with van der Waals surface area (Å²) < 4.78 is 54.4. The predicted molar refractivity (Wildman–Crippen MR) is 284 cm³/mol. The number of alkyl halides is 3. The second-order valence-corrected chi connectivity index (χ2v) is 18.2. The zero-order valence-corrected chi connectivity index (χ0v) is 38.0. The Kier molecular flexibility index (Phi) is 8.77. The second-order valence-electron chi connectivity index (χ2n) is 18.2. The SMILES string of the molecule is N#Cc1ccc(-c2cc(-n3c4ccccc4c4cc(-n5c6ccccc6c6ccccc65)ccc43)c(C#N)c(-n3c4ccccc4c4cc(-n5c6ccccc6c6ccccc65)ccc43)c2)c(C(F)(F)F)c1. The first kappa shape index (κ1) is 41.2. The fourth-order valence-corrected chi connectivity index (χ4v) is 11.5. The van der Waals surface area contributed by atoms with Crippen molar-refractivity contribution in [3.05, 3.63) is 229 Å². The molecule has 0 saturated carbocycles. The van der Waals surface area contributed by atoms with E-state index in [1.165, 1.54) is 12.1 Å². The van der Waals surface area contributed by atoms with Crippen LogP contribution in [0.15, 0.2) is 212 Å². The second kappa shape index (κ2) is 15.3. The fraction of sp³-hybridized carbons (Fsp3) is 0.0159. The molecule has 0 fully saturated rings. The lowest BCUT2D eigenvalue weighted by molar-refractivity contribution is -0.137. The molecule has 10 aromatic carbocycles. The van der Waals surface area contributed by atoms with E-state index in [1.807, 2.05) is 124 Å². The van der Waals surface area contributed by atoms with Crippen LogP contribution in [0.25, 0.3) is 121 Å². The summed E-state index contributed by atoms with van der Waals surface area (Å²) in [7, 11) is 0. The Labute approximate surface area is 408 Å². The summed E-state index contributed by atoms with van der Waals surface area (Å²) in [5.74, 6) is 0. The van der Waals surface area contributed by atoms with Crippen LogP contribution in [0.1, 0.15) is 16.7 Å². The summed E-state index contributed by atoms with van der Waals surface area (Å²) >= 11 is 0. The molecular formula is C63H35F3N6. The lowest BCUT2D eigenvalue weighted by atomic mass is 9.94. The number of hydrogen-bond donors (Lipinski definition) is 0. The summed E-state index contributed by atoms with van der Waals surface area (Å²) in [4.78, 5) is 0. The average Bonchev–Trinajstić information content (AvgIpc) is 4.15. The molecule has 0 unspecified atom stereocenters. The molecule has 0 spiro atoms. The minimum Gasteiger partial charge on any atom is -0.309 e. The van der Waals surface area contributed by atoms with Crippen molar-refractivity contribution in [2.75, 3.05) is 0 Å². The molecule has 4 heterocycles. The molecular weight excluding hydrogens is 898 g/mol. The molecule has 0 aliphatic carbocycles. The van der Waals surface area contributed by atoms with Crippen molar-refractivity contribution >= 4 is 87.2 Å². The third-order valence-electron chi connectivity index (χ3n) is 14.4. The lowest BCUT2D eigenvalue weighted by Crippen LogP contribution is -2.09. The van der Waals surface area contributed by atoms with Crippen molar-refractivity contribution in [2.24, 2.45) is 0 Å². The van der Waals surface area contributed by atoms with Gasteiger partial charge in [0.15, 0.2) is 0 Å². The summed E-state index contributed by atoms with van der Waals surface area (Å²) in [5, 5.41) is 29.6. The Morgan fingerprint density at radius 1 is 0.333 bits per heavy atom. The lowest BCUT2D eigenvalue weighted by Gasteiger charge is -2.20. The maximum Gasteiger partial charge on any atom is 0.417 e. The predicted octanol–water partition coefficient (Wildman–Crippen LogP) is 16.5. The Morgan fingerprint density at radius 3 is 1.04 bits per heavy atom. The van der Waals surface area contributed by atoms with Crippen LogP contribution in [-0.4, -0.2) is 18.3 Å². The number of rotatable bonds is 5. The van der Waals surface area contributed by atoms with Gasteiger partial charge in [0.1, 0.15) is 11.6 Å². The van der Waals surface area contributed by atoms with Gasteiger partial charge in [0.05, 0.1) is 72.7 Å². The van der Waals surface area contributed by atoms with E-state index in [1.54, 1.807) is 12.1 Å². The minimum absolute atomic E-state index is 0.108. The number of halogens is 3. The van der Waals surface area contributed by atoms with Crippen LogP contribution in [0.3, 0.4) is 0 Å². The number of nitrogens with zero attached hydrogens (tertiary/aromatic N) is 6. The highest BCUT2D eigenvalue weighted by atomic mass is 19.4. The van der Waals surface area contributed by atoms with Crippen molar-refractivity contribution in [1.29, 1.82) is 10.5 Å². The molecule has 0 radical (unpaired) electrons. The van der Waals surface area contributed by atoms with Crippen molar-refractivity contribution in [3.63, 3.8) is 0 Å². The molecule has 0 amide bonds. The van der Waals surface area contributed by atoms with E-state index < -0.39 is 11.7 Å². The van der Waals surface area contributed by atoms with Gasteiger partial charge in [0.25, 0.3) is 0 Å². The van der Waals surface area contributed by atoms with Crippen LogP contribution < -0.4 is 0 Å². The summed E-state index contributed by atoms with van der Waals surface area (Å²) in [6.45, 7) is 0. The molecule has 0 aliphatic heterocycles. The van der Waals surface area contributed by atoms with E-state index in [0.717, 1.165) is 105 Å². The Hall–Kier alpha value is -9.83. The Balaban J connectivity index is 1.07. The summed E-state index contributed by atoms with van der Waals surface area (Å²) in [6, 6.07) is 73.3. The normalized spacial score (nSPS) is 12.1. The van der Waals surface area contributed by atoms with E-state index in [2.05, 4.69) is 88.0 Å². The molecule has 0 bridgehead atoms. The molecule has 0 N–H and O–H groups in total. The van der Waals surface area contributed by atoms with Gasteiger partial charge in [0, 0.05) is 54.5 Å². The van der Waals surface area contributed by atoms with Crippen LogP contribution >= 0.6 is 0 Å². The molecule has 9 heteroatoms. The van der Waals surface area contributed by atoms with Gasteiger partial charge in [-0.05, 0) is 108 Å². The first-order chi connectivity index (χ1) is 35.3. The minimum atomic E-state index is -4.80. The molecule has 338 valence electrons. The van der Waals surface area contributed by atoms with E-state index in [4.69, 9.17) is 0 Å². The molecule has 14 aromatic rings. The monoisotopic (exact) mass is 932 g/mol. The van der Waals surface area contributed by atoms with Gasteiger partial charge >= 0.3 is 6.18 Å². The number of nitriles is 2. The molecule has 14 rings (SSSR count). The third kappa shape index (κ3) is 5.89.